The molecule has 3 fully saturated rings. The Kier molecular flexibility index (Phi) is 5.47. The van der Waals surface area contributed by atoms with Crippen LogP contribution >= 0.6 is 12.2 Å². The second-order valence-corrected chi connectivity index (χ2v) is 8.67. The first kappa shape index (κ1) is 20.8. The van der Waals surface area contributed by atoms with Crippen molar-refractivity contribution in [3.63, 3.8) is 0 Å². The molecule has 0 amide bonds. The van der Waals surface area contributed by atoms with Crippen LogP contribution in [0.5, 0.6) is 5.75 Å². The van der Waals surface area contributed by atoms with E-state index in [9.17, 15) is 0 Å². The molecule has 4 rings (SSSR count). The lowest BCUT2D eigenvalue weighted by Crippen LogP contribution is -2.53. The summed E-state index contributed by atoms with van der Waals surface area (Å²) in [5.74, 6) is -0.692. The van der Waals surface area contributed by atoms with Gasteiger partial charge >= 0.3 is 0 Å². The summed E-state index contributed by atoms with van der Waals surface area (Å²) in [5, 5.41) is 6.96. The molecule has 1 aromatic carbocycles. The Labute approximate surface area is 176 Å². The van der Waals surface area contributed by atoms with Crippen molar-refractivity contribution >= 4 is 23.0 Å². The van der Waals surface area contributed by atoms with Crippen molar-refractivity contribution in [3.05, 3.63) is 24.3 Å². The van der Waals surface area contributed by atoms with Crippen LogP contribution in [0, 0.1) is 0 Å². The van der Waals surface area contributed by atoms with E-state index in [2.05, 4.69) is 10.6 Å². The number of fused-ring (bicyclic) bond motifs is 1. The molecule has 3 saturated heterocycles. The van der Waals surface area contributed by atoms with E-state index in [-0.39, 0.29) is 24.4 Å². The number of methoxy groups -OCH3 is 1. The van der Waals surface area contributed by atoms with Gasteiger partial charge in [-0.1, -0.05) is 12.1 Å². The number of thiocarbonyl (C=S) groups is 1. The summed E-state index contributed by atoms with van der Waals surface area (Å²) in [6.45, 7) is 7.92. The molecule has 9 heteroatoms. The molecule has 2 N–H and O–H groups in total. The number of hydrogen-bond acceptors (Lipinski definition) is 7. The van der Waals surface area contributed by atoms with Gasteiger partial charge in [-0.15, -0.1) is 0 Å². The van der Waals surface area contributed by atoms with Crippen LogP contribution in [-0.4, -0.2) is 61.0 Å². The predicted octanol–water partition coefficient (Wildman–Crippen LogP) is 2.38. The molecule has 8 nitrogen and oxygen atoms in total. The van der Waals surface area contributed by atoms with Gasteiger partial charge in [-0.2, -0.15) is 0 Å². The van der Waals surface area contributed by atoms with E-state index in [0.717, 1.165) is 5.69 Å². The Balaban J connectivity index is 1.50. The molecule has 0 aliphatic carbocycles. The first-order valence-electron chi connectivity index (χ1n) is 9.71. The van der Waals surface area contributed by atoms with Gasteiger partial charge in [0.25, 0.3) is 0 Å². The minimum absolute atomic E-state index is 0.266. The maximum atomic E-state index is 6.18. The second kappa shape index (κ2) is 7.64. The molecule has 3 aliphatic rings. The summed E-state index contributed by atoms with van der Waals surface area (Å²) >= 11 is 5.57. The lowest BCUT2D eigenvalue weighted by atomic mass is 10.0. The van der Waals surface area contributed by atoms with E-state index >= 15 is 0 Å². The quantitative estimate of drug-likeness (QED) is 0.708. The van der Waals surface area contributed by atoms with Crippen LogP contribution < -0.4 is 15.4 Å². The minimum Gasteiger partial charge on any atom is -0.495 e. The Morgan fingerprint density at radius 2 is 1.83 bits per heavy atom. The molecule has 3 aliphatic heterocycles. The van der Waals surface area contributed by atoms with Gasteiger partial charge < -0.3 is 39.1 Å². The number of nitrogens with one attached hydrogen (secondary N) is 2. The molecule has 160 valence electrons. The monoisotopic (exact) mass is 424 g/mol. The van der Waals surface area contributed by atoms with Gasteiger partial charge in [0.1, 0.15) is 24.1 Å². The van der Waals surface area contributed by atoms with Gasteiger partial charge in [-0.3, -0.25) is 0 Å². The zero-order valence-electron chi connectivity index (χ0n) is 17.3. The van der Waals surface area contributed by atoms with Crippen LogP contribution in [0.2, 0.25) is 0 Å². The van der Waals surface area contributed by atoms with Crippen molar-refractivity contribution in [3.8, 4) is 5.75 Å². The third-order valence-electron chi connectivity index (χ3n) is 5.14. The molecule has 0 aromatic heterocycles. The van der Waals surface area contributed by atoms with Gasteiger partial charge in [0.2, 0.25) is 0 Å². The highest BCUT2D eigenvalue weighted by atomic mass is 32.1. The molecular formula is C20H28N2O6S. The maximum absolute atomic E-state index is 6.18. The lowest BCUT2D eigenvalue weighted by molar-refractivity contribution is -0.223. The number of anilines is 1. The Morgan fingerprint density at radius 1 is 1.07 bits per heavy atom. The smallest absolute Gasteiger partial charge is 0.189 e. The fourth-order valence-electron chi connectivity index (χ4n) is 3.95. The third kappa shape index (κ3) is 4.35. The number of ether oxygens (including phenoxy) is 6. The largest absolute Gasteiger partial charge is 0.495 e. The van der Waals surface area contributed by atoms with E-state index in [0.29, 0.717) is 17.5 Å². The highest BCUT2D eigenvalue weighted by molar-refractivity contribution is 7.80. The van der Waals surface area contributed by atoms with Crippen LogP contribution in [0.15, 0.2) is 24.3 Å². The van der Waals surface area contributed by atoms with Crippen LogP contribution in [0.1, 0.15) is 27.7 Å². The van der Waals surface area contributed by atoms with Crippen molar-refractivity contribution in [2.24, 2.45) is 0 Å². The molecule has 29 heavy (non-hydrogen) atoms. The molecular weight excluding hydrogens is 396 g/mol. The molecule has 0 unspecified atom stereocenters. The third-order valence-corrected chi connectivity index (χ3v) is 5.36. The SMILES string of the molecule is COc1ccccc1NC(=S)N[C@@H]1[C@H]2OC(C)(C)O[C@H]2O[C@@H]1[C@H]1COC(C)(C)O1. The molecule has 1 aromatic rings. The normalized spacial score (nSPS) is 34.6. The van der Waals surface area contributed by atoms with Crippen LogP contribution in [0.25, 0.3) is 0 Å². The van der Waals surface area contributed by atoms with Gasteiger partial charge in [0.15, 0.2) is 23.0 Å². The van der Waals surface area contributed by atoms with Crippen molar-refractivity contribution < 1.29 is 28.4 Å². The number of benzene rings is 1. The highest BCUT2D eigenvalue weighted by Crippen LogP contribution is 2.40. The average Bonchev–Trinajstić information content (AvgIpc) is 3.25. The van der Waals surface area contributed by atoms with E-state index in [4.69, 9.17) is 40.6 Å². The summed E-state index contributed by atoms with van der Waals surface area (Å²) < 4.78 is 35.3. The zero-order chi connectivity index (χ0) is 20.8. The van der Waals surface area contributed by atoms with E-state index in [1.165, 1.54) is 0 Å². The Morgan fingerprint density at radius 3 is 2.52 bits per heavy atom. The Hall–Kier alpha value is -1.49. The van der Waals surface area contributed by atoms with Gasteiger partial charge in [-0.05, 0) is 52.0 Å². The molecule has 5 atom stereocenters. The number of rotatable bonds is 4. The topological polar surface area (TPSA) is 79.4 Å². The van der Waals surface area contributed by atoms with Gasteiger partial charge in [0.05, 0.1) is 25.4 Å². The molecule has 0 radical (unpaired) electrons. The standard InChI is InChI=1S/C20H28N2O6S/c1-19(2)24-10-13(26-19)15-14(16-17(25-15)28-20(3,4)27-16)22-18(29)21-11-8-6-7-9-12(11)23-5/h6-9,13-17H,10H2,1-5H3,(H2,21,22,29)/t13-,14+,15-,16-,17-/m1/s1. The van der Waals surface area contributed by atoms with E-state index in [1.54, 1.807) is 7.11 Å². The summed E-state index contributed by atoms with van der Waals surface area (Å²) in [4.78, 5) is 0. The zero-order valence-corrected chi connectivity index (χ0v) is 18.1. The van der Waals surface area contributed by atoms with Gasteiger partial charge in [-0.25, -0.2) is 0 Å². The van der Waals surface area contributed by atoms with Crippen molar-refractivity contribution in [1.82, 2.24) is 5.32 Å². The summed E-state index contributed by atoms with van der Waals surface area (Å²) in [5.41, 5.74) is 0.769. The van der Waals surface area contributed by atoms with Crippen LogP contribution in [0.4, 0.5) is 5.69 Å². The van der Waals surface area contributed by atoms with Crippen LogP contribution in [0.3, 0.4) is 0 Å². The van der Waals surface area contributed by atoms with Crippen LogP contribution in [-0.2, 0) is 23.7 Å². The maximum Gasteiger partial charge on any atom is 0.189 e. The van der Waals surface area contributed by atoms with E-state index in [1.807, 2.05) is 52.0 Å². The van der Waals surface area contributed by atoms with E-state index < -0.39 is 17.9 Å². The van der Waals surface area contributed by atoms with Crippen molar-refractivity contribution in [2.45, 2.75) is 69.9 Å². The lowest BCUT2D eigenvalue weighted by Gasteiger charge is -2.30. The average molecular weight is 425 g/mol. The van der Waals surface area contributed by atoms with Crippen molar-refractivity contribution in [2.75, 3.05) is 19.0 Å². The first-order chi connectivity index (χ1) is 13.7. The highest BCUT2D eigenvalue weighted by Gasteiger charge is 2.58. The Bertz CT molecular complexity index is 773. The molecule has 0 saturated carbocycles. The predicted molar refractivity (Wildman–Crippen MR) is 110 cm³/mol. The minimum atomic E-state index is -0.732. The van der Waals surface area contributed by atoms with Gasteiger partial charge in [0, 0.05) is 0 Å². The number of hydrogen-bond donors (Lipinski definition) is 2. The summed E-state index contributed by atoms with van der Waals surface area (Å²) in [7, 11) is 1.62. The number of para-hydroxylation sites is 2. The first-order valence-corrected chi connectivity index (χ1v) is 10.1. The summed E-state index contributed by atoms with van der Waals surface area (Å²) in [6.07, 6.45) is -1.45. The summed E-state index contributed by atoms with van der Waals surface area (Å²) in [6, 6.07) is 7.29. The van der Waals surface area contributed by atoms with Crippen molar-refractivity contribution in [1.29, 1.82) is 0 Å². The molecule has 3 heterocycles. The molecule has 0 spiro atoms. The fourth-order valence-corrected chi connectivity index (χ4v) is 4.20. The fraction of sp³-hybridized carbons (Fsp3) is 0.650. The molecule has 0 bridgehead atoms. The second-order valence-electron chi connectivity index (χ2n) is 8.26.